The smallest absolute Gasteiger partial charge is 0.329 e. The third-order valence-electron chi connectivity index (χ3n) is 6.09. The molecule has 1 aromatic rings. The number of anilines is 2. The number of benzene rings is 1. The number of nitrogens with one attached hydrogen (secondary N) is 1. The van der Waals surface area contributed by atoms with E-state index in [1.54, 1.807) is 0 Å². The quantitative estimate of drug-likeness (QED) is 0.753. The Morgan fingerprint density at radius 1 is 0.692 bits per heavy atom. The molecule has 26 heavy (non-hydrogen) atoms. The van der Waals surface area contributed by atoms with E-state index in [-0.39, 0.29) is 0 Å². The minimum absolute atomic E-state index is 1.25. The van der Waals surface area contributed by atoms with Crippen LogP contribution in [-0.2, 0) is 0 Å². The van der Waals surface area contributed by atoms with Crippen molar-refractivity contribution in [3.8, 4) is 0 Å². The van der Waals surface area contributed by atoms with Gasteiger partial charge in [0.25, 0.3) is 0 Å². The van der Waals surface area contributed by atoms with Gasteiger partial charge in [-0.2, -0.15) is 0 Å². The van der Waals surface area contributed by atoms with Crippen molar-refractivity contribution >= 4 is 19.2 Å². The molecule has 3 heterocycles. The van der Waals surface area contributed by atoms with Crippen LogP contribution in [0.25, 0.3) is 0 Å². The monoisotopic (exact) mass is 376 g/mol. The fourth-order valence-corrected chi connectivity index (χ4v) is 9.21. The summed E-state index contributed by atoms with van der Waals surface area (Å²) in [6.45, 7) is 7.52. The van der Waals surface area contributed by atoms with E-state index < -0.39 is 7.87 Å². The van der Waals surface area contributed by atoms with E-state index in [9.17, 15) is 0 Å². The minimum Gasteiger partial charge on any atom is -0.378 e. The van der Waals surface area contributed by atoms with Crippen LogP contribution in [0.3, 0.4) is 0 Å². The molecule has 0 atom stereocenters. The molecule has 6 heteroatoms. The summed E-state index contributed by atoms with van der Waals surface area (Å²) in [5, 5.41) is 4.15. The highest BCUT2D eigenvalue weighted by Crippen LogP contribution is 2.69. The number of hydrogen-bond acceptors (Lipinski definition) is 5. The molecule has 0 spiro atoms. The van der Waals surface area contributed by atoms with Crippen molar-refractivity contribution < 1.29 is 0 Å². The molecule has 3 saturated heterocycles. The van der Waals surface area contributed by atoms with Gasteiger partial charge < -0.3 is 4.90 Å². The Labute approximate surface area is 159 Å². The van der Waals surface area contributed by atoms with Crippen molar-refractivity contribution in [3.05, 3.63) is 24.3 Å². The highest BCUT2D eigenvalue weighted by atomic mass is 31.2. The third-order valence-corrected chi connectivity index (χ3v) is 10.2. The van der Waals surface area contributed by atoms with Gasteiger partial charge in [-0.05, 0) is 62.8 Å². The Morgan fingerprint density at radius 3 is 1.42 bits per heavy atom. The minimum atomic E-state index is -1.66. The molecule has 0 unspecified atom stereocenters. The molecule has 1 N–H and O–H groups in total. The molecule has 3 fully saturated rings. The van der Waals surface area contributed by atoms with Crippen molar-refractivity contribution in [2.75, 3.05) is 63.4 Å². The first-order valence-electron chi connectivity index (χ1n) is 10.4. The fraction of sp³-hybridized carbons (Fsp3) is 0.700. The lowest BCUT2D eigenvalue weighted by Crippen LogP contribution is -2.46. The summed E-state index contributed by atoms with van der Waals surface area (Å²) in [6.07, 6.45) is 8.11. The largest absolute Gasteiger partial charge is 0.378 e. The zero-order valence-corrected chi connectivity index (χ0v) is 17.4. The van der Waals surface area contributed by atoms with Gasteiger partial charge in [-0.15, -0.1) is 14.0 Å². The fourth-order valence-electron chi connectivity index (χ4n) is 4.69. The molecule has 3 aliphatic rings. The molecule has 0 bridgehead atoms. The Bertz CT molecular complexity index is 532. The van der Waals surface area contributed by atoms with Crippen molar-refractivity contribution in [1.82, 2.24) is 14.0 Å². The molecule has 144 valence electrons. The number of rotatable bonds is 6. The lowest BCUT2D eigenvalue weighted by atomic mass is 10.3. The lowest BCUT2D eigenvalue weighted by molar-refractivity contribution is 0.377. The van der Waals surface area contributed by atoms with Crippen LogP contribution in [0.15, 0.2) is 24.3 Å². The third kappa shape index (κ3) is 3.47. The average Bonchev–Trinajstić information content (AvgIpc) is 3.44. The van der Waals surface area contributed by atoms with E-state index in [0.717, 1.165) is 0 Å². The van der Waals surface area contributed by atoms with Crippen molar-refractivity contribution in [3.63, 3.8) is 0 Å². The molecule has 4 rings (SSSR count). The highest BCUT2D eigenvalue weighted by molar-refractivity contribution is 7.70. The van der Waals surface area contributed by atoms with Crippen LogP contribution in [0, 0.1) is 0 Å². The molecule has 0 amide bonds. The first-order valence-corrected chi connectivity index (χ1v) is 12.1. The van der Waals surface area contributed by atoms with Gasteiger partial charge in [0, 0.05) is 59.1 Å². The van der Waals surface area contributed by atoms with E-state index in [0.29, 0.717) is 0 Å². The van der Waals surface area contributed by atoms with Gasteiger partial charge in [0.2, 0.25) is 0 Å². The predicted molar refractivity (Wildman–Crippen MR) is 114 cm³/mol. The summed E-state index contributed by atoms with van der Waals surface area (Å²) in [6, 6.07) is 9.06. The Morgan fingerprint density at radius 2 is 1.08 bits per heavy atom. The molecular weight excluding hydrogens is 341 g/mol. The van der Waals surface area contributed by atoms with E-state index in [1.807, 2.05) is 0 Å². The second-order valence-corrected chi connectivity index (χ2v) is 11.2. The zero-order valence-electron chi connectivity index (χ0n) is 16.5. The maximum absolute atomic E-state index is 4.15. The lowest BCUT2D eigenvalue weighted by Gasteiger charge is -2.43. The van der Waals surface area contributed by atoms with Crippen LogP contribution < -0.4 is 9.99 Å². The summed E-state index contributed by atoms with van der Waals surface area (Å²) >= 11 is 0. The van der Waals surface area contributed by atoms with E-state index in [2.05, 4.69) is 62.4 Å². The topological polar surface area (TPSA) is 25.0 Å². The van der Waals surface area contributed by atoms with Gasteiger partial charge in [-0.25, -0.2) is 5.09 Å². The second kappa shape index (κ2) is 8.02. The zero-order chi connectivity index (χ0) is 18.0. The molecule has 0 saturated carbocycles. The van der Waals surface area contributed by atoms with Crippen LogP contribution in [-0.4, -0.2) is 67.4 Å². The average molecular weight is 377 g/mol. The highest BCUT2D eigenvalue weighted by Gasteiger charge is 2.59. The number of hydrogen-bond donors (Lipinski definition) is 1. The predicted octanol–water partition coefficient (Wildman–Crippen LogP) is 4.13. The molecule has 5 nitrogen and oxygen atoms in total. The normalized spacial score (nSPS) is 23.0. The van der Waals surface area contributed by atoms with Crippen molar-refractivity contribution in [2.24, 2.45) is 0 Å². The van der Waals surface area contributed by atoms with Gasteiger partial charge in [-0.1, -0.05) is 0 Å². The Balaban J connectivity index is 1.68. The Hall–Kier alpha value is -0.870. The number of nitrogens with zero attached hydrogens (tertiary/aromatic N) is 4. The first-order chi connectivity index (χ1) is 12.7. The SMILES string of the molecule is CN(C)c1ccc(N[P+](N2CCCC2)(N2CCCC2)N2CCCC2)cc1. The second-order valence-electron chi connectivity index (χ2n) is 8.10. The molecule has 0 aliphatic carbocycles. The van der Waals surface area contributed by atoms with E-state index >= 15 is 0 Å². The van der Waals surface area contributed by atoms with Crippen LogP contribution >= 0.6 is 7.87 Å². The molecular formula is C20H35N5P+. The summed E-state index contributed by atoms with van der Waals surface area (Å²) in [5.41, 5.74) is 2.55. The van der Waals surface area contributed by atoms with Gasteiger partial charge in [-0.3, -0.25) is 0 Å². The van der Waals surface area contributed by atoms with E-state index in [1.165, 1.54) is 89.2 Å². The standard InChI is InChI=1S/C20H35N5P/c1-22(2)20-11-9-19(10-12-20)21-26(23-13-3-4-14-23,24-15-5-6-16-24)25-17-7-8-18-25/h9-12,21H,3-8,13-18H2,1-2H3/q+1. The summed E-state index contributed by atoms with van der Waals surface area (Å²) in [4.78, 5) is 2.17. The van der Waals surface area contributed by atoms with Crippen molar-refractivity contribution in [2.45, 2.75) is 38.5 Å². The Kier molecular flexibility index (Phi) is 5.70. The molecule has 1 aromatic carbocycles. The van der Waals surface area contributed by atoms with Crippen LogP contribution in [0.2, 0.25) is 0 Å². The summed E-state index contributed by atoms with van der Waals surface area (Å²) in [7, 11) is 2.56. The van der Waals surface area contributed by atoms with Gasteiger partial charge in [0.05, 0.1) is 5.69 Å². The molecule has 3 aliphatic heterocycles. The van der Waals surface area contributed by atoms with E-state index in [4.69, 9.17) is 0 Å². The van der Waals surface area contributed by atoms with Crippen LogP contribution in [0.1, 0.15) is 38.5 Å². The molecule has 0 aromatic heterocycles. The maximum atomic E-state index is 4.15. The van der Waals surface area contributed by atoms with Gasteiger partial charge >= 0.3 is 7.87 Å². The first kappa shape index (κ1) is 18.5. The van der Waals surface area contributed by atoms with Crippen LogP contribution in [0.4, 0.5) is 11.4 Å². The van der Waals surface area contributed by atoms with Crippen LogP contribution in [0.5, 0.6) is 0 Å². The van der Waals surface area contributed by atoms with Gasteiger partial charge in [0.1, 0.15) is 0 Å². The molecule has 0 radical (unpaired) electrons. The summed E-state index contributed by atoms with van der Waals surface area (Å²) in [5.74, 6) is 0. The summed E-state index contributed by atoms with van der Waals surface area (Å²) < 4.78 is 8.51. The van der Waals surface area contributed by atoms with Gasteiger partial charge in [0.15, 0.2) is 0 Å². The maximum Gasteiger partial charge on any atom is 0.329 e. The van der Waals surface area contributed by atoms with Crippen molar-refractivity contribution in [1.29, 1.82) is 0 Å².